The standard InChI is InChI=1S/C23H27Cl2N5OS/c1-4-17-21(15-8-7-14(24)11-16(15)25)27-18(5-2)22(28-17)29-19-12-30(13-20(19)31-6-3)23-26-9-10-32-23/h7-11,19-20H,4-6,12-13H2,1-3H3,(H,28,29). The molecule has 3 heterocycles. The Labute approximate surface area is 203 Å². The van der Waals surface area contributed by atoms with Crippen molar-refractivity contribution in [3.8, 4) is 11.3 Å². The van der Waals surface area contributed by atoms with Gasteiger partial charge < -0.3 is 15.0 Å². The second kappa shape index (κ2) is 10.3. The van der Waals surface area contributed by atoms with Crippen molar-refractivity contribution in [2.24, 2.45) is 0 Å². The van der Waals surface area contributed by atoms with E-state index in [-0.39, 0.29) is 12.1 Å². The molecule has 1 N–H and O–H groups in total. The second-order valence-corrected chi connectivity index (χ2v) is 9.33. The van der Waals surface area contributed by atoms with Crippen LogP contribution in [0.1, 0.15) is 32.2 Å². The first-order chi connectivity index (χ1) is 15.5. The highest BCUT2D eigenvalue weighted by atomic mass is 35.5. The van der Waals surface area contributed by atoms with Crippen LogP contribution >= 0.6 is 34.5 Å². The van der Waals surface area contributed by atoms with Crippen molar-refractivity contribution >= 4 is 45.5 Å². The number of hydrogen-bond donors (Lipinski definition) is 1. The van der Waals surface area contributed by atoms with Crippen LogP contribution in [0.25, 0.3) is 11.3 Å². The Bertz CT molecular complexity index is 1060. The fourth-order valence-corrected chi connectivity index (χ4v) is 5.17. The molecular weight excluding hydrogens is 465 g/mol. The van der Waals surface area contributed by atoms with E-state index >= 15 is 0 Å². The van der Waals surface area contributed by atoms with E-state index in [0.29, 0.717) is 16.7 Å². The first-order valence-corrected chi connectivity index (χ1v) is 12.5. The zero-order chi connectivity index (χ0) is 22.7. The molecular formula is C23H27Cl2N5OS. The van der Waals surface area contributed by atoms with Crippen molar-refractivity contribution in [3.05, 3.63) is 51.2 Å². The number of benzene rings is 1. The Kier molecular flexibility index (Phi) is 7.51. The molecule has 2 unspecified atom stereocenters. The summed E-state index contributed by atoms with van der Waals surface area (Å²) in [6.45, 7) is 8.46. The second-order valence-electron chi connectivity index (χ2n) is 7.61. The maximum absolute atomic E-state index is 6.49. The minimum atomic E-state index is 0.0471. The number of ether oxygens (including phenoxy) is 1. The summed E-state index contributed by atoms with van der Waals surface area (Å²) in [4.78, 5) is 16.7. The van der Waals surface area contributed by atoms with Crippen LogP contribution in [-0.4, -0.2) is 46.8 Å². The molecule has 1 saturated heterocycles. The Morgan fingerprint density at radius 1 is 1.12 bits per heavy atom. The largest absolute Gasteiger partial charge is 0.374 e. The number of hydrogen-bond acceptors (Lipinski definition) is 7. The smallest absolute Gasteiger partial charge is 0.185 e. The van der Waals surface area contributed by atoms with Gasteiger partial charge >= 0.3 is 0 Å². The van der Waals surface area contributed by atoms with E-state index in [0.717, 1.165) is 59.5 Å². The minimum absolute atomic E-state index is 0.0471. The van der Waals surface area contributed by atoms with Crippen LogP contribution in [-0.2, 0) is 17.6 Å². The highest BCUT2D eigenvalue weighted by Crippen LogP contribution is 2.33. The molecule has 1 aromatic carbocycles. The van der Waals surface area contributed by atoms with Crippen LogP contribution in [0.15, 0.2) is 29.8 Å². The lowest BCUT2D eigenvalue weighted by molar-refractivity contribution is 0.0719. The lowest BCUT2D eigenvalue weighted by Crippen LogP contribution is -2.35. The third-order valence-electron chi connectivity index (χ3n) is 5.56. The van der Waals surface area contributed by atoms with E-state index in [2.05, 4.69) is 29.0 Å². The quantitative estimate of drug-likeness (QED) is 0.433. The summed E-state index contributed by atoms with van der Waals surface area (Å²) in [5.41, 5.74) is 3.47. The zero-order valence-corrected chi connectivity index (χ0v) is 20.8. The molecule has 1 fully saturated rings. The maximum Gasteiger partial charge on any atom is 0.185 e. The number of aromatic nitrogens is 3. The Morgan fingerprint density at radius 3 is 2.59 bits per heavy atom. The first kappa shape index (κ1) is 23.2. The van der Waals surface area contributed by atoms with Gasteiger partial charge in [-0.3, -0.25) is 0 Å². The molecule has 6 nitrogen and oxygen atoms in total. The van der Waals surface area contributed by atoms with Gasteiger partial charge in [0.25, 0.3) is 0 Å². The Hall–Kier alpha value is -1.93. The van der Waals surface area contributed by atoms with E-state index < -0.39 is 0 Å². The van der Waals surface area contributed by atoms with E-state index in [1.54, 1.807) is 17.4 Å². The molecule has 0 radical (unpaired) electrons. The van der Waals surface area contributed by atoms with E-state index in [9.17, 15) is 0 Å². The summed E-state index contributed by atoms with van der Waals surface area (Å²) in [5, 5.41) is 7.85. The van der Waals surface area contributed by atoms with Crippen molar-refractivity contribution in [1.29, 1.82) is 0 Å². The molecule has 2 atom stereocenters. The van der Waals surface area contributed by atoms with Crippen LogP contribution in [0, 0.1) is 0 Å². The van der Waals surface area contributed by atoms with Crippen molar-refractivity contribution in [2.45, 2.75) is 45.8 Å². The van der Waals surface area contributed by atoms with Crippen LogP contribution in [0.3, 0.4) is 0 Å². The highest BCUT2D eigenvalue weighted by Gasteiger charge is 2.35. The summed E-state index contributed by atoms with van der Waals surface area (Å²) in [5.74, 6) is 0.814. The van der Waals surface area contributed by atoms with Crippen molar-refractivity contribution in [1.82, 2.24) is 15.0 Å². The molecule has 32 heavy (non-hydrogen) atoms. The van der Waals surface area contributed by atoms with Gasteiger partial charge in [-0.25, -0.2) is 15.0 Å². The number of nitrogens with zero attached hydrogens (tertiary/aromatic N) is 4. The summed E-state index contributed by atoms with van der Waals surface area (Å²) < 4.78 is 6.06. The third-order valence-corrected chi connectivity index (χ3v) is 6.94. The van der Waals surface area contributed by atoms with Crippen LogP contribution in [0.5, 0.6) is 0 Å². The molecule has 9 heteroatoms. The fraction of sp³-hybridized carbons (Fsp3) is 0.435. The van der Waals surface area contributed by atoms with Gasteiger partial charge in [-0.2, -0.15) is 0 Å². The number of anilines is 2. The van der Waals surface area contributed by atoms with Crippen LogP contribution in [0.2, 0.25) is 10.0 Å². The van der Waals surface area contributed by atoms with Crippen molar-refractivity contribution in [3.63, 3.8) is 0 Å². The van der Waals surface area contributed by atoms with Crippen LogP contribution < -0.4 is 10.2 Å². The number of thiazole rings is 1. The van der Waals surface area contributed by atoms with E-state index in [4.69, 9.17) is 37.9 Å². The molecule has 0 amide bonds. The third kappa shape index (κ3) is 4.86. The number of rotatable bonds is 8. The van der Waals surface area contributed by atoms with E-state index in [1.165, 1.54) is 0 Å². The predicted octanol–water partition coefficient (Wildman–Crippen LogP) is 5.74. The molecule has 0 spiro atoms. The van der Waals surface area contributed by atoms with Gasteiger partial charge in [0.2, 0.25) is 0 Å². The molecule has 1 aliphatic heterocycles. The average molecular weight is 492 g/mol. The molecule has 0 aliphatic carbocycles. The van der Waals surface area contributed by atoms with Gasteiger partial charge in [0.15, 0.2) is 5.13 Å². The van der Waals surface area contributed by atoms with Gasteiger partial charge in [-0.15, -0.1) is 11.3 Å². The minimum Gasteiger partial charge on any atom is -0.374 e. The van der Waals surface area contributed by atoms with Gasteiger partial charge in [-0.05, 0) is 38.0 Å². The number of halogens is 2. The Morgan fingerprint density at radius 2 is 1.94 bits per heavy atom. The lowest BCUT2D eigenvalue weighted by Gasteiger charge is -2.22. The molecule has 0 saturated carbocycles. The zero-order valence-electron chi connectivity index (χ0n) is 18.4. The number of aryl methyl sites for hydroxylation is 2. The van der Waals surface area contributed by atoms with Crippen molar-refractivity contribution in [2.75, 3.05) is 29.9 Å². The maximum atomic E-state index is 6.49. The fourth-order valence-electron chi connectivity index (χ4n) is 4.01. The Balaban J connectivity index is 1.65. The molecule has 2 aromatic heterocycles. The van der Waals surface area contributed by atoms with E-state index in [1.807, 2.05) is 30.6 Å². The van der Waals surface area contributed by atoms with Crippen molar-refractivity contribution < 1.29 is 4.74 Å². The average Bonchev–Trinajstić information content (AvgIpc) is 3.44. The molecule has 1 aliphatic rings. The topological polar surface area (TPSA) is 63.2 Å². The van der Waals surface area contributed by atoms with Crippen LogP contribution in [0.4, 0.5) is 10.9 Å². The number of nitrogens with one attached hydrogen (secondary N) is 1. The van der Waals surface area contributed by atoms with Gasteiger partial charge in [0, 0.05) is 41.9 Å². The summed E-state index contributed by atoms with van der Waals surface area (Å²) in [6, 6.07) is 5.58. The first-order valence-electron chi connectivity index (χ1n) is 10.9. The van der Waals surface area contributed by atoms with Gasteiger partial charge in [0.1, 0.15) is 5.82 Å². The molecule has 4 rings (SSSR count). The van der Waals surface area contributed by atoms with Gasteiger partial charge in [0.05, 0.1) is 34.3 Å². The molecule has 3 aromatic rings. The molecule has 170 valence electrons. The van der Waals surface area contributed by atoms with Gasteiger partial charge in [-0.1, -0.05) is 37.0 Å². The predicted molar refractivity (Wildman–Crippen MR) is 133 cm³/mol. The highest BCUT2D eigenvalue weighted by molar-refractivity contribution is 7.13. The lowest BCUT2D eigenvalue weighted by atomic mass is 10.1. The summed E-state index contributed by atoms with van der Waals surface area (Å²) in [7, 11) is 0. The molecule has 0 bridgehead atoms. The summed E-state index contributed by atoms with van der Waals surface area (Å²) in [6.07, 6.45) is 3.38. The monoisotopic (exact) mass is 491 g/mol. The summed E-state index contributed by atoms with van der Waals surface area (Å²) >= 11 is 14.2. The SMILES string of the molecule is CCOC1CN(c2nccs2)CC1Nc1nc(CC)c(-c2ccc(Cl)cc2Cl)nc1CC. The normalized spacial score (nSPS) is 18.3.